The molecule has 7 heteroatoms. The second-order valence-corrected chi connectivity index (χ2v) is 4.36. The fourth-order valence-corrected chi connectivity index (χ4v) is 1.60. The monoisotopic (exact) mass is 310 g/mol. The van der Waals surface area contributed by atoms with Crippen LogP contribution in [0.1, 0.15) is 5.56 Å². The molecule has 1 heterocycles. The van der Waals surface area contributed by atoms with Crippen molar-refractivity contribution >= 4 is 21.7 Å². The Morgan fingerprint density at radius 2 is 2.12 bits per heavy atom. The Bertz CT molecular complexity index is 395. The van der Waals surface area contributed by atoms with E-state index >= 15 is 0 Å². The van der Waals surface area contributed by atoms with E-state index in [0.29, 0.717) is 5.56 Å². The first-order valence-electron chi connectivity index (χ1n) is 4.75. The first kappa shape index (κ1) is 14.1. The minimum Gasteiger partial charge on any atom is -0.302 e. The van der Waals surface area contributed by atoms with Gasteiger partial charge >= 0.3 is 6.18 Å². The number of halogens is 4. The molecule has 0 amide bonds. The number of alkyl halides is 3. The Hall–Kier alpha value is -0.950. The summed E-state index contributed by atoms with van der Waals surface area (Å²) in [5, 5.41) is 2.05. The number of hydrogen-bond donors (Lipinski definition) is 1. The van der Waals surface area contributed by atoms with Gasteiger partial charge in [-0.15, -0.1) is 0 Å². The van der Waals surface area contributed by atoms with Crippen molar-refractivity contribution in [3.63, 3.8) is 0 Å². The predicted octanol–water partition coefficient (Wildman–Crippen LogP) is 2.11. The van der Waals surface area contributed by atoms with Gasteiger partial charge in [-0.25, -0.2) is 0 Å². The van der Waals surface area contributed by atoms with E-state index in [1.807, 2.05) is 0 Å². The molecule has 0 fully saturated rings. The number of rotatable bonds is 5. The summed E-state index contributed by atoms with van der Waals surface area (Å²) in [7, 11) is 0. The quantitative estimate of drug-likeness (QED) is 0.905. The standard InChI is InChI=1S/C10H10BrF3N2O/c11-8-1-7(3-15-4-8)2-9(17)5-16-6-10(12,13)14/h1,3-4,16H,2,5-6H2. The first-order chi connectivity index (χ1) is 7.87. The average molecular weight is 311 g/mol. The molecule has 1 N–H and O–H groups in total. The zero-order chi connectivity index (χ0) is 12.9. The molecule has 0 spiro atoms. The van der Waals surface area contributed by atoms with Crippen LogP contribution in [0.25, 0.3) is 0 Å². The Morgan fingerprint density at radius 1 is 1.41 bits per heavy atom. The molecule has 0 aliphatic carbocycles. The number of nitrogens with one attached hydrogen (secondary N) is 1. The van der Waals surface area contributed by atoms with Gasteiger partial charge in [-0.2, -0.15) is 13.2 Å². The third-order valence-corrected chi connectivity index (χ3v) is 2.24. The van der Waals surface area contributed by atoms with Crippen molar-refractivity contribution in [3.05, 3.63) is 28.5 Å². The van der Waals surface area contributed by atoms with Gasteiger partial charge in [0.05, 0.1) is 13.1 Å². The lowest BCUT2D eigenvalue weighted by Crippen LogP contribution is -2.33. The number of ketones is 1. The van der Waals surface area contributed by atoms with Crippen LogP contribution in [0.5, 0.6) is 0 Å². The third kappa shape index (κ3) is 6.38. The Morgan fingerprint density at radius 3 is 2.71 bits per heavy atom. The summed E-state index contributed by atoms with van der Waals surface area (Å²) in [4.78, 5) is 15.2. The van der Waals surface area contributed by atoms with E-state index < -0.39 is 12.7 Å². The maximum absolute atomic E-state index is 11.8. The minimum atomic E-state index is -4.29. The van der Waals surface area contributed by atoms with E-state index in [-0.39, 0.29) is 18.7 Å². The van der Waals surface area contributed by atoms with Gasteiger partial charge in [-0.05, 0) is 27.6 Å². The number of pyridine rings is 1. The van der Waals surface area contributed by atoms with Crippen LogP contribution in [0, 0.1) is 0 Å². The highest BCUT2D eigenvalue weighted by Crippen LogP contribution is 2.12. The molecule has 0 radical (unpaired) electrons. The van der Waals surface area contributed by atoms with Crippen molar-refractivity contribution in [1.29, 1.82) is 0 Å². The Balaban J connectivity index is 2.35. The highest BCUT2D eigenvalue weighted by atomic mass is 79.9. The fourth-order valence-electron chi connectivity index (χ4n) is 1.19. The van der Waals surface area contributed by atoms with Crippen LogP contribution in [0.2, 0.25) is 0 Å². The molecule has 0 aliphatic rings. The topological polar surface area (TPSA) is 42.0 Å². The minimum absolute atomic E-state index is 0.0668. The summed E-state index contributed by atoms with van der Waals surface area (Å²) in [6.45, 7) is -1.46. The predicted molar refractivity (Wildman–Crippen MR) is 59.6 cm³/mol. The molecule has 0 saturated heterocycles. The van der Waals surface area contributed by atoms with Crippen LogP contribution in [0.4, 0.5) is 13.2 Å². The van der Waals surface area contributed by atoms with Crippen LogP contribution in [0.3, 0.4) is 0 Å². The largest absolute Gasteiger partial charge is 0.401 e. The lowest BCUT2D eigenvalue weighted by Gasteiger charge is -2.07. The summed E-state index contributed by atoms with van der Waals surface area (Å²) < 4.78 is 36.1. The molecule has 0 unspecified atom stereocenters. The van der Waals surface area contributed by atoms with Crippen LogP contribution in [-0.2, 0) is 11.2 Å². The molecular formula is C10H10BrF3N2O. The van der Waals surface area contributed by atoms with E-state index in [4.69, 9.17) is 0 Å². The van der Waals surface area contributed by atoms with Gasteiger partial charge in [0, 0.05) is 23.3 Å². The summed E-state index contributed by atoms with van der Waals surface area (Å²) in [6.07, 6.45) is -1.16. The zero-order valence-corrected chi connectivity index (χ0v) is 10.3. The van der Waals surface area contributed by atoms with Gasteiger partial charge in [-0.1, -0.05) is 0 Å². The number of hydrogen-bond acceptors (Lipinski definition) is 3. The fraction of sp³-hybridized carbons (Fsp3) is 0.400. The van der Waals surface area contributed by atoms with Crippen LogP contribution < -0.4 is 5.32 Å². The number of carbonyl (C=O) groups excluding carboxylic acids is 1. The lowest BCUT2D eigenvalue weighted by atomic mass is 10.1. The Labute approximate surface area is 105 Å². The maximum atomic E-state index is 11.8. The second kappa shape index (κ2) is 6.11. The SMILES string of the molecule is O=C(CNCC(F)(F)F)Cc1cncc(Br)c1. The summed E-state index contributed by atoms with van der Waals surface area (Å²) >= 11 is 3.19. The molecule has 3 nitrogen and oxygen atoms in total. The second-order valence-electron chi connectivity index (χ2n) is 3.45. The van der Waals surface area contributed by atoms with Gasteiger partial charge in [0.15, 0.2) is 5.78 Å². The molecule has 0 aliphatic heterocycles. The lowest BCUT2D eigenvalue weighted by molar-refractivity contribution is -0.127. The smallest absolute Gasteiger partial charge is 0.302 e. The van der Waals surface area contributed by atoms with Crippen LogP contribution in [0.15, 0.2) is 22.9 Å². The van der Waals surface area contributed by atoms with Crippen molar-refractivity contribution in [2.75, 3.05) is 13.1 Å². The molecule has 0 aromatic carbocycles. The van der Waals surface area contributed by atoms with Gasteiger partial charge < -0.3 is 5.32 Å². The first-order valence-corrected chi connectivity index (χ1v) is 5.55. The highest BCUT2D eigenvalue weighted by molar-refractivity contribution is 9.10. The molecule has 0 saturated carbocycles. The van der Waals surface area contributed by atoms with E-state index in [0.717, 1.165) is 4.47 Å². The average Bonchev–Trinajstić information content (AvgIpc) is 2.15. The van der Waals surface area contributed by atoms with Crippen LogP contribution in [-0.4, -0.2) is 30.0 Å². The van der Waals surface area contributed by atoms with Gasteiger partial charge in [0.25, 0.3) is 0 Å². The van der Waals surface area contributed by atoms with E-state index in [2.05, 4.69) is 26.2 Å². The maximum Gasteiger partial charge on any atom is 0.401 e. The highest BCUT2D eigenvalue weighted by Gasteiger charge is 2.26. The molecule has 0 bridgehead atoms. The van der Waals surface area contributed by atoms with Gasteiger partial charge in [0.1, 0.15) is 0 Å². The summed E-state index contributed by atoms with van der Waals surface area (Å²) in [6, 6.07) is 1.70. The number of nitrogens with zero attached hydrogens (tertiary/aromatic N) is 1. The van der Waals surface area contributed by atoms with Crippen molar-refractivity contribution in [2.24, 2.45) is 0 Å². The van der Waals surface area contributed by atoms with Crippen molar-refractivity contribution in [2.45, 2.75) is 12.6 Å². The van der Waals surface area contributed by atoms with E-state index in [1.54, 1.807) is 12.3 Å². The third-order valence-electron chi connectivity index (χ3n) is 1.81. The van der Waals surface area contributed by atoms with Gasteiger partial charge in [0.2, 0.25) is 0 Å². The number of Topliss-reactive ketones (excluding diaryl/α,β-unsaturated/α-hetero) is 1. The van der Waals surface area contributed by atoms with Crippen molar-refractivity contribution in [1.82, 2.24) is 10.3 Å². The molecule has 94 valence electrons. The van der Waals surface area contributed by atoms with Gasteiger partial charge in [-0.3, -0.25) is 9.78 Å². The van der Waals surface area contributed by atoms with Crippen molar-refractivity contribution in [3.8, 4) is 0 Å². The molecular weight excluding hydrogens is 301 g/mol. The molecule has 1 rings (SSSR count). The van der Waals surface area contributed by atoms with E-state index in [9.17, 15) is 18.0 Å². The zero-order valence-electron chi connectivity index (χ0n) is 8.72. The summed E-state index contributed by atoms with van der Waals surface area (Å²) in [5.41, 5.74) is 0.665. The van der Waals surface area contributed by atoms with Crippen LogP contribution >= 0.6 is 15.9 Å². The van der Waals surface area contributed by atoms with Crippen molar-refractivity contribution < 1.29 is 18.0 Å². The molecule has 0 atom stereocenters. The molecule has 17 heavy (non-hydrogen) atoms. The number of aromatic nitrogens is 1. The normalized spacial score (nSPS) is 11.5. The van der Waals surface area contributed by atoms with E-state index in [1.165, 1.54) is 6.20 Å². The molecule has 1 aromatic heterocycles. The number of carbonyl (C=O) groups is 1. The Kier molecular flexibility index (Phi) is 5.07. The summed E-state index contributed by atoms with van der Waals surface area (Å²) in [5.74, 6) is -0.311. The molecule has 1 aromatic rings.